The molecule has 0 fully saturated rings. The summed E-state index contributed by atoms with van der Waals surface area (Å²) in [6, 6.07) is 11.6. The minimum atomic E-state index is -1.02. The van der Waals surface area contributed by atoms with Gasteiger partial charge in [0, 0.05) is 9.26 Å². The van der Waals surface area contributed by atoms with Crippen molar-refractivity contribution >= 4 is 46.1 Å². The molecule has 0 aliphatic carbocycles. The molecular formula is C20H20FIN2O4. The summed E-state index contributed by atoms with van der Waals surface area (Å²) in [7, 11) is 0. The average molecular weight is 498 g/mol. The molecule has 28 heavy (non-hydrogen) atoms. The Balaban J connectivity index is 1.93. The maximum absolute atomic E-state index is 13.7. The van der Waals surface area contributed by atoms with Gasteiger partial charge in [-0.25, -0.2) is 9.18 Å². The van der Waals surface area contributed by atoms with Crippen molar-refractivity contribution in [3.8, 4) is 0 Å². The van der Waals surface area contributed by atoms with E-state index in [1.54, 1.807) is 26.0 Å². The van der Waals surface area contributed by atoms with E-state index in [-0.39, 0.29) is 11.5 Å². The zero-order chi connectivity index (χ0) is 20.7. The lowest BCUT2D eigenvalue weighted by Crippen LogP contribution is -2.46. The fraction of sp³-hybridized carbons (Fsp3) is 0.250. The summed E-state index contributed by atoms with van der Waals surface area (Å²) in [5.41, 5.74) is 0.409. The van der Waals surface area contributed by atoms with Gasteiger partial charge in [0.1, 0.15) is 11.9 Å². The van der Waals surface area contributed by atoms with Crippen LogP contribution >= 0.6 is 22.6 Å². The Morgan fingerprint density at radius 3 is 2.32 bits per heavy atom. The van der Waals surface area contributed by atoms with E-state index in [0.717, 1.165) is 9.64 Å². The summed E-state index contributed by atoms with van der Waals surface area (Å²) < 4.78 is 19.8. The molecule has 148 valence electrons. The third-order valence-electron chi connectivity index (χ3n) is 3.80. The van der Waals surface area contributed by atoms with Gasteiger partial charge >= 0.3 is 5.97 Å². The zero-order valence-corrected chi connectivity index (χ0v) is 17.5. The van der Waals surface area contributed by atoms with E-state index in [1.165, 1.54) is 18.2 Å². The van der Waals surface area contributed by atoms with Crippen LogP contribution in [-0.2, 0) is 14.3 Å². The predicted octanol–water partition coefficient (Wildman–Crippen LogP) is 3.37. The van der Waals surface area contributed by atoms with Crippen LogP contribution in [0.15, 0.2) is 48.5 Å². The number of anilines is 1. The first kappa shape index (κ1) is 21.8. The number of nitrogens with one attached hydrogen (secondary N) is 2. The minimum absolute atomic E-state index is 0.169. The first-order valence-corrected chi connectivity index (χ1v) is 9.63. The quantitative estimate of drug-likeness (QED) is 0.453. The monoisotopic (exact) mass is 498 g/mol. The highest BCUT2D eigenvalue weighted by Gasteiger charge is 2.27. The van der Waals surface area contributed by atoms with Gasteiger partial charge in [0.2, 0.25) is 0 Å². The van der Waals surface area contributed by atoms with Crippen molar-refractivity contribution in [2.75, 3.05) is 11.9 Å². The molecule has 2 aromatic rings. The highest BCUT2D eigenvalue weighted by molar-refractivity contribution is 14.1. The number of ether oxygens (including phenoxy) is 1. The van der Waals surface area contributed by atoms with Gasteiger partial charge in [-0.1, -0.05) is 26.0 Å². The molecule has 6 nitrogen and oxygen atoms in total. The second kappa shape index (κ2) is 10.2. The smallest absolute Gasteiger partial charge is 0.329 e. The molecule has 0 spiro atoms. The molecule has 0 radical (unpaired) electrons. The summed E-state index contributed by atoms with van der Waals surface area (Å²) in [5, 5.41) is 5.08. The van der Waals surface area contributed by atoms with Crippen molar-refractivity contribution in [3.05, 3.63) is 63.5 Å². The van der Waals surface area contributed by atoms with E-state index >= 15 is 0 Å². The molecule has 0 aromatic heterocycles. The molecule has 2 rings (SSSR count). The number of amides is 2. The summed E-state index contributed by atoms with van der Waals surface area (Å²) >= 11 is 2.14. The number of benzene rings is 2. The zero-order valence-electron chi connectivity index (χ0n) is 15.4. The van der Waals surface area contributed by atoms with E-state index in [1.807, 2.05) is 12.1 Å². The largest absolute Gasteiger partial charge is 0.454 e. The Morgan fingerprint density at radius 1 is 1.07 bits per heavy atom. The van der Waals surface area contributed by atoms with Gasteiger partial charge in [-0.3, -0.25) is 9.59 Å². The van der Waals surface area contributed by atoms with Crippen LogP contribution in [0.3, 0.4) is 0 Å². The van der Waals surface area contributed by atoms with Crippen LogP contribution in [0.2, 0.25) is 0 Å². The molecule has 8 heteroatoms. The molecule has 0 aliphatic heterocycles. The summed E-state index contributed by atoms with van der Waals surface area (Å²) in [4.78, 5) is 36.5. The Kier molecular flexibility index (Phi) is 7.91. The van der Waals surface area contributed by atoms with Gasteiger partial charge < -0.3 is 15.4 Å². The fourth-order valence-electron chi connectivity index (χ4n) is 2.32. The molecular weight excluding hydrogens is 478 g/mol. The molecule has 0 unspecified atom stereocenters. The summed E-state index contributed by atoms with van der Waals surface area (Å²) in [5.74, 6) is -3.00. The fourth-order valence-corrected chi connectivity index (χ4v) is 2.68. The first-order valence-electron chi connectivity index (χ1n) is 8.55. The van der Waals surface area contributed by atoms with E-state index in [9.17, 15) is 18.8 Å². The standard InChI is InChI=1S/C20H20FIN2O4/c1-12(2)18(24-19(26)15-5-3-4-6-16(15)21)20(27)28-11-17(25)23-14-9-7-13(22)8-10-14/h3-10,12,18H,11H2,1-2H3,(H,23,25)(H,24,26)/t18-/m0/s1. The Labute approximate surface area is 176 Å². The molecule has 0 saturated carbocycles. The molecule has 0 heterocycles. The van der Waals surface area contributed by atoms with E-state index < -0.39 is 36.2 Å². The van der Waals surface area contributed by atoms with Gasteiger partial charge in [-0.2, -0.15) is 0 Å². The number of rotatable bonds is 7. The SMILES string of the molecule is CC(C)[C@H](NC(=O)c1ccccc1F)C(=O)OCC(=O)Nc1ccc(I)cc1. The summed E-state index contributed by atoms with van der Waals surface area (Å²) in [6.45, 7) is 2.92. The third-order valence-corrected chi connectivity index (χ3v) is 4.52. The normalized spacial score (nSPS) is 11.6. The number of halogens is 2. The van der Waals surface area contributed by atoms with E-state index in [2.05, 4.69) is 33.2 Å². The van der Waals surface area contributed by atoms with Crippen molar-refractivity contribution in [2.45, 2.75) is 19.9 Å². The lowest BCUT2D eigenvalue weighted by Gasteiger charge is -2.21. The van der Waals surface area contributed by atoms with E-state index in [0.29, 0.717) is 5.69 Å². The minimum Gasteiger partial charge on any atom is -0.454 e. The van der Waals surface area contributed by atoms with Crippen LogP contribution in [0, 0.1) is 15.3 Å². The second-order valence-corrected chi connectivity index (χ2v) is 7.58. The van der Waals surface area contributed by atoms with Gasteiger partial charge in [0.25, 0.3) is 11.8 Å². The van der Waals surface area contributed by atoms with Crippen LogP contribution in [0.5, 0.6) is 0 Å². The number of hydrogen-bond acceptors (Lipinski definition) is 4. The van der Waals surface area contributed by atoms with Crippen molar-refractivity contribution in [3.63, 3.8) is 0 Å². The maximum Gasteiger partial charge on any atom is 0.329 e. The van der Waals surface area contributed by atoms with Gasteiger partial charge in [0.15, 0.2) is 6.61 Å². The Hall–Kier alpha value is -2.49. The van der Waals surface area contributed by atoms with Crippen molar-refractivity contribution in [2.24, 2.45) is 5.92 Å². The molecule has 2 N–H and O–H groups in total. The Bertz CT molecular complexity index is 856. The van der Waals surface area contributed by atoms with Crippen LogP contribution in [0.1, 0.15) is 24.2 Å². The number of esters is 1. The second-order valence-electron chi connectivity index (χ2n) is 6.34. The Morgan fingerprint density at radius 2 is 1.71 bits per heavy atom. The average Bonchev–Trinajstić information content (AvgIpc) is 2.66. The number of hydrogen-bond donors (Lipinski definition) is 2. The van der Waals surface area contributed by atoms with Crippen LogP contribution < -0.4 is 10.6 Å². The van der Waals surface area contributed by atoms with Crippen LogP contribution in [0.4, 0.5) is 10.1 Å². The lowest BCUT2D eigenvalue weighted by atomic mass is 10.0. The number of carbonyl (C=O) groups is 3. The van der Waals surface area contributed by atoms with Gasteiger partial charge in [0.05, 0.1) is 5.56 Å². The van der Waals surface area contributed by atoms with Crippen molar-refractivity contribution in [1.29, 1.82) is 0 Å². The van der Waals surface area contributed by atoms with Crippen LogP contribution in [0.25, 0.3) is 0 Å². The van der Waals surface area contributed by atoms with Gasteiger partial charge in [-0.15, -0.1) is 0 Å². The molecule has 2 amide bonds. The maximum atomic E-state index is 13.7. The lowest BCUT2D eigenvalue weighted by molar-refractivity contribution is -0.150. The highest BCUT2D eigenvalue weighted by atomic mass is 127. The predicted molar refractivity (Wildman–Crippen MR) is 111 cm³/mol. The molecule has 0 saturated heterocycles. The molecule has 2 aromatic carbocycles. The van der Waals surface area contributed by atoms with Crippen LogP contribution in [-0.4, -0.2) is 30.4 Å². The van der Waals surface area contributed by atoms with Gasteiger partial charge in [-0.05, 0) is 64.9 Å². The highest BCUT2D eigenvalue weighted by Crippen LogP contribution is 2.12. The number of carbonyl (C=O) groups excluding carboxylic acids is 3. The third kappa shape index (κ3) is 6.29. The molecule has 0 aliphatic rings. The topological polar surface area (TPSA) is 84.5 Å². The van der Waals surface area contributed by atoms with Crippen molar-refractivity contribution in [1.82, 2.24) is 5.32 Å². The first-order chi connectivity index (χ1) is 13.3. The molecule has 0 bridgehead atoms. The summed E-state index contributed by atoms with van der Waals surface area (Å²) in [6.07, 6.45) is 0. The van der Waals surface area contributed by atoms with Crippen molar-refractivity contribution < 1.29 is 23.5 Å². The molecule has 1 atom stereocenters. The van der Waals surface area contributed by atoms with E-state index in [4.69, 9.17) is 4.74 Å².